The molecule has 0 atom stereocenters. The molecule has 4 nitrogen and oxygen atoms in total. The van der Waals surface area contributed by atoms with Crippen LogP contribution in [0.2, 0.25) is 0 Å². The average molecular weight is 224 g/mol. The number of likely N-dealkylation sites (N-methyl/N-ethyl adjacent to an activating group) is 1. The highest BCUT2D eigenvalue weighted by Crippen LogP contribution is 2.05. The summed E-state index contributed by atoms with van der Waals surface area (Å²) in [5.41, 5.74) is 1.25. The molecule has 4 heteroatoms. The molecule has 1 aromatic rings. The standard InChI is InChI=1S/C12H20N2O2/c1-4-14(10-12(15-2)16-3)9-11-5-7-13-8-6-11/h5-8,12H,4,9-10H2,1-3H3. The van der Waals surface area contributed by atoms with E-state index in [2.05, 4.69) is 16.8 Å². The predicted octanol–water partition coefficient (Wildman–Crippen LogP) is 1.52. The Kier molecular flexibility index (Phi) is 6.00. The number of hydrogen-bond acceptors (Lipinski definition) is 4. The van der Waals surface area contributed by atoms with Crippen LogP contribution in [0.1, 0.15) is 12.5 Å². The number of pyridine rings is 1. The molecule has 0 radical (unpaired) electrons. The lowest BCUT2D eigenvalue weighted by Crippen LogP contribution is -2.34. The van der Waals surface area contributed by atoms with Gasteiger partial charge in [-0.05, 0) is 24.2 Å². The third-order valence-corrected chi connectivity index (χ3v) is 2.54. The van der Waals surface area contributed by atoms with Crippen LogP contribution in [-0.2, 0) is 16.0 Å². The molecule has 16 heavy (non-hydrogen) atoms. The van der Waals surface area contributed by atoms with Crippen molar-refractivity contribution in [2.24, 2.45) is 0 Å². The molecule has 1 aromatic heterocycles. The van der Waals surface area contributed by atoms with Crippen LogP contribution >= 0.6 is 0 Å². The lowest BCUT2D eigenvalue weighted by atomic mass is 10.2. The highest BCUT2D eigenvalue weighted by molar-refractivity contribution is 5.09. The number of hydrogen-bond donors (Lipinski definition) is 0. The van der Waals surface area contributed by atoms with Gasteiger partial charge in [-0.15, -0.1) is 0 Å². The Morgan fingerprint density at radius 3 is 2.38 bits per heavy atom. The van der Waals surface area contributed by atoms with Gasteiger partial charge in [-0.3, -0.25) is 9.88 Å². The first-order chi connectivity index (χ1) is 7.80. The molecule has 0 fully saturated rings. The van der Waals surface area contributed by atoms with E-state index < -0.39 is 0 Å². The molecular formula is C12H20N2O2. The third kappa shape index (κ3) is 4.26. The molecule has 0 bridgehead atoms. The van der Waals surface area contributed by atoms with Crippen LogP contribution < -0.4 is 0 Å². The second-order valence-corrected chi connectivity index (χ2v) is 3.58. The molecule has 1 heterocycles. The molecule has 0 saturated heterocycles. The van der Waals surface area contributed by atoms with Crippen LogP contribution in [0.15, 0.2) is 24.5 Å². The summed E-state index contributed by atoms with van der Waals surface area (Å²) in [5, 5.41) is 0. The molecule has 0 aliphatic carbocycles. The molecule has 0 spiro atoms. The van der Waals surface area contributed by atoms with Crippen molar-refractivity contribution < 1.29 is 9.47 Å². The first kappa shape index (κ1) is 13.1. The summed E-state index contributed by atoms with van der Waals surface area (Å²) in [6, 6.07) is 4.05. The molecule has 0 amide bonds. The van der Waals surface area contributed by atoms with E-state index in [4.69, 9.17) is 9.47 Å². The van der Waals surface area contributed by atoms with Crippen LogP contribution in [0.3, 0.4) is 0 Å². The van der Waals surface area contributed by atoms with Crippen molar-refractivity contribution >= 4 is 0 Å². The summed E-state index contributed by atoms with van der Waals surface area (Å²) >= 11 is 0. The molecule has 0 aromatic carbocycles. The minimum atomic E-state index is -0.165. The second-order valence-electron chi connectivity index (χ2n) is 3.58. The van der Waals surface area contributed by atoms with Gasteiger partial charge in [0.15, 0.2) is 6.29 Å². The number of nitrogens with zero attached hydrogens (tertiary/aromatic N) is 2. The van der Waals surface area contributed by atoms with E-state index in [0.29, 0.717) is 0 Å². The largest absolute Gasteiger partial charge is 0.355 e. The van der Waals surface area contributed by atoms with Crippen molar-refractivity contribution in [1.29, 1.82) is 0 Å². The fourth-order valence-electron chi connectivity index (χ4n) is 1.51. The van der Waals surface area contributed by atoms with Crippen molar-refractivity contribution in [2.75, 3.05) is 27.3 Å². The quantitative estimate of drug-likeness (QED) is 0.658. The molecule has 1 rings (SSSR count). The zero-order valence-electron chi connectivity index (χ0n) is 10.2. The topological polar surface area (TPSA) is 34.6 Å². The smallest absolute Gasteiger partial charge is 0.169 e. The Morgan fingerprint density at radius 1 is 1.25 bits per heavy atom. The Balaban J connectivity index is 2.49. The van der Waals surface area contributed by atoms with Gasteiger partial charge in [0.1, 0.15) is 0 Å². The van der Waals surface area contributed by atoms with Gasteiger partial charge in [-0.1, -0.05) is 6.92 Å². The second kappa shape index (κ2) is 7.33. The normalized spacial score (nSPS) is 11.3. The summed E-state index contributed by atoms with van der Waals surface area (Å²) in [6.07, 6.45) is 3.46. The highest BCUT2D eigenvalue weighted by atomic mass is 16.7. The molecule has 0 saturated carbocycles. The lowest BCUT2D eigenvalue weighted by Gasteiger charge is -2.24. The van der Waals surface area contributed by atoms with Gasteiger partial charge in [-0.2, -0.15) is 0 Å². The maximum atomic E-state index is 5.19. The Bertz CT molecular complexity index is 276. The van der Waals surface area contributed by atoms with Gasteiger partial charge in [0.05, 0.1) is 0 Å². The SMILES string of the molecule is CCN(Cc1ccncc1)CC(OC)OC. The van der Waals surface area contributed by atoms with Gasteiger partial charge in [0, 0.05) is 39.7 Å². The van der Waals surface area contributed by atoms with Crippen molar-refractivity contribution in [3.8, 4) is 0 Å². The molecule has 0 N–H and O–H groups in total. The van der Waals surface area contributed by atoms with E-state index in [1.54, 1.807) is 14.2 Å². The van der Waals surface area contributed by atoms with Crippen molar-refractivity contribution in [3.05, 3.63) is 30.1 Å². The van der Waals surface area contributed by atoms with Gasteiger partial charge >= 0.3 is 0 Å². The molecule has 0 aliphatic heterocycles. The highest BCUT2D eigenvalue weighted by Gasteiger charge is 2.11. The van der Waals surface area contributed by atoms with Gasteiger partial charge < -0.3 is 9.47 Å². The Labute approximate surface area is 97.2 Å². The molecular weight excluding hydrogens is 204 g/mol. The summed E-state index contributed by atoms with van der Waals surface area (Å²) < 4.78 is 10.4. The molecule has 0 aliphatic rings. The van der Waals surface area contributed by atoms with Crippen molar-refractivity contribution in [2.45, 2.75) is 19.8 Å². The predicted molar refractivity (Wildman–Crippen MR) is 63.0 cm³/mol. The van der Waals surface area contributed by atoms with Gasteiger partial charge in [0.2, 0.25) is 0 Å². The maximum Gasteiger partial charge on any atom is 0.169 e. The van der Waals surface area contributed by atoms with E-state index in [0.717, 1.165) is 19.6 Å². The first-order valence-corrected chi connectivity index (χ1v) is 5.47. The number of ether oxygens (including phenoxy) is 2. The number of rotatable bonds is 7. The van der Waals surface area contributed by atoms with Gasteiger partial charge in [-0.25, -0.2) is 0 Å². The number of aromatic nitrogens is 1. The zero-order valence-corrected chi connectivity index (χ0v) is 10.2. The van der Waals surface area contributed by atoms with E-state index >= 15 is 0 Å². The van der Waals surface area contributed by atoms with E-state index in [9.17, 15) is 0 Å². The third-order valence-electron chi connectivity index (χ3n) is 2.54. The van der Waals surface area contributed by atoms with Gasteiger partial charge in [0.25, 0.3) is 0 Å². The van der Waals surface area contributed by atoms with Crippen LogP contribution in [0.5, 0.6) is 0 Å². The van der Waals surface area contributed by atoms with E-state index in [1.165, 1.54) is 5.56 Å². The van der Waals surface area contributed by atoms with Crippen molar-refractivity contribution in [3.63, 3.8) is 0 Å². The fraction of sp³-hybridized carbons (Fsp3) is 0.583. The monoisotopic (exact) mass is 224 g/mol. The Morgan fingerprint density at radius 2 is 1.88 bits per heavy atom. The van der Waals surface area contributed by atoms with Crippen LogP contribution in [0.4, 0.5) is 0 Å². The average Bonchev–Trinajstić information content (AvgIpc) is 2.35. The lowest BCUT2D eigenvalue weighted by molar-refractivity contribution is -0.116. The van der Waals surface area contributed by atoms with Crippen LogP contribution in [0, 0.1) is 0 Å². The summed E-state index contributed by atoms with van der Waals surface area (Å²) in [5.74, 6) is 0. The van der Waals surface area contributed by atoms with Crippen LogP contribution in [-0.4, -0.2) is 43.5 Å². The fourth-order valence-corrected chi connectivity index (χ4v) is 1.51. The van der Waals surface area contributed by atoms with E-state index in [-0.39, 0.29) is 6.29 Å². The minimum Gasteiger partial charge on any atom is -0.355 e. The zero-order chi connectivity index (χ0) is 11.8. The summed E-state index contributed by atoms with van der Waals surface area (Å²) in [6.45, 7) is 4.75. The van der Waals surface area contributed by atoms with Crippen LogP contribution in [0.25, 0.3) is 0 Å². The van der Waals surface area contributed by atoms with Crippen molar-refractivity contribution in [1.82, 2.24) is 9.88 Å². The minimum absolute atomic E-state index is 0.165. The summed E-state index contributed by atoms with van der Waals surface area (Å²) in [7, 11) is 3.32. The Hall–Kier alpha value is -0.970. The number of methoxy groups -OCH3 is 2. The first-order valence-electron chi connectivity index (χ1n) is 5.47. The molecule has 90 valence electrons. The summed E-state index contributed by atoms with van der Waals surface area (Å²) in [4.78, 5) is 6.27. The maximum absolute atomic E-state index is 5.19. The molecule has 0 unspecified atom stereocenters. The van der Waals surface area contributed by atoms with E-state index in [1.807, 2.05) is 24.5 Å².